The van der Waals surface area contributed by atoms with Gasteiger partial charge in [0.25, 0.3) is 5.91 Å². The first kappa shape index (κ1) is 17.6. The van der Waals surface area contributed by atoms with E-state index in [0.29, 0.717) is 38.4 Å². The van der Waals surface area contributed by atoms with E-state index in [1.807, 2.05) is 17.9 Å². The third-order valence-corrected chi connectivity index (χ3v) is 6.05. The average molecular weight is 385 g/mol. The van der Waals surface area contributed by atoms with E-state index in [0.717, 1.165) is 11.5 Å². The highest BCUT2D eigenvalue weighted by molar-refractivity contribution is 6.06. The van der Waals surface area contributed by atoms with Crippen LogP contribution in [0.1, 0.15) is 23.6 Å². The molecule has 3 fully saturated rings. The number of imide groups is 1. The van der Waals surface area contributed by atoms with Crippen molar-refractivity contribution in [3.05, 3.63) is 41.9 Å². The summed E-state index contributed by atoms with van der Waals surface area (Å²) in [6.07, 6.45) is 3.17. The molecule has 9 heteroatoms. The SMILES string of the molecule is Cc1ccc(CN2C(=O)C3CC(O)CN3C3(CN(Cc4cnc[nH]4)C3)C2=O)o1. The third-order valence-electron chi connectivity index (χ3n) is 6.05. The van der Waals surface area contributed by atoms with Crippen molar-refractivity contribution in [1.29, 1.82) is 0 Å². The van der Waals surface area contributed by atoms with Crippen LogP contribution in [-0.2, 0) is 22.7 Å². The molecule has 0 bridgehead atoms. The fraction of sp³-hybridized carbons (Fsp3) is 0.526. The molecule has 0 radical (unpaired) electrons. The van der Waals surface area contributed by atoms with Gasteiger partial charge in [0.2, 0.25) is 5.91 Å². The molecule has 2 aromatic heterocycles. The zero-order chi connectivity index (χ0) is 19.5. The molecule has 9 nitrogen and oxygen atoms in total. The molecule has 0 saturated carbocycles. The van der Waals surface area contributed by atoms with Gasteiger partial charge in [-0.1, -0.05) is 0 Å². The number of fused-ring (bicyclic) bond motifs is 2. The topological polar surface area (TPSA) is 106 Å². The van der Waals surface area contributed by atoms with E-state index in [9.17, 15) is 14.7 Å². The van der Waals surface area contributed by atoms with Crippen LogP contribution in [0.25, 0.3) is 0 Å². The van der Waals surface area contributed by atoms with E-state index in [1.54, 1.807) is 18.6 Å². The first-order valence-electron chi connectivity index (χ1n) is 9.52. The van der Waals surface area contributed by atoms with Gasteiger partial charge in [-0.2, -0.15) is 0 Å². The number of hydrogen-bond acceptors (Lipinski definition) is 7. The highest BCUT2D eigenvalue weighted by atomic mass is 16.3. The largest absolute Gasteiger partial charge is 0.464 e. The number of nitrogens with zero attached hydrogens (tertiary/aromatic N) is 4. The first-order valence-corrected chi connectivity index (χ1v) is 9.52. The molecular formula is C19H23N5O4. The standard InChI is InChI=1S/C19H23N5O4/c1-12-2-3-15(28-12)8-23-17(26)16-4-14(25)7-24(16)19(18(23)27)9-22(10-19)6-13-5-20-11-21-13/h2-3,5,11,14,16,25H,4,6-10H2,1H3,(H,20,21). The lowest BCUT2D eigenvalue weighted by atomic mass is 9.82. The summed E-state index contributed by atoms with van der Waals surface area (Å²) >= 11 is 0. The predicted molar refractivity (Wildman–Crippen MR) is 96.7 cm³/mol. The Morgan fingerprint density at radius 3 is 2.82 bits per heavy atom. The zero-order valence-electron chi connectivity index (χ0n) is 15.7. The van der Waals surface area contributed by atoms with Gasteiger partial charge >= 0.3 is 0 Å². The number of hydrogen-bond donors (Lipinski definition) is 2. The molecule has 2 aromatic rings. The highest BCUT2D eigenvalue weighted by Crippen LogP contribution is 2.41. The van der Waals surface area contributed by atoms with Crippen LogP contribution in [0.2, 0.25) is 0 Å². The number of aromatic amines is 1. The molecule has 1 spiro atoms. The van der Waals surface area contributed by atoms with Crippen molar-refractivity contribution in [3.8, 4) is 0 Å². The molecule has 0 aromatic carbocycles. The lowest BCUT2D eigenvalue weighted by Crippen LogP contribution is -2.81. The second-order valence-electron chi connectivity index (χ2n) is 8.05. The Kier molecular flexibility index (Phi) is 3.94. The van der Waals surface area contributed by atoms with Gasteiger partial charge in [0.05, 0.1) is 25.0 Å². The number of aryl methyl sites for hydroxylation is 1. The van der Waals surface area contributed by atoms with E-state index in [1.165, 1.54) is 4.90 Å². The summed E-state index contributed by atoms with van der Waals surface area (Å²) < 4.78 is 5.60. The van der Waals surface area contributed by atoms with E-state index >= 15 is 0 Å². The van der Waals surface area contributed by atoms with Gasteiger partial charge in [-0.25, -0.2) is 4.98 Å². The highest BCUT2D eigenvalue weighted by Gasteiger charge is 2.64. The number of carbonyl (C=O) groups excluding carboxylic acids is 2. The summed E-state index contributed by atoms with van der Waals surface area (Å²) in [7, 11) is 0. The zero-order valence-corrected chi connectivity index (χ0v) is 15.7. The van der Waals surface area contributed by atoms with Crippen LogP contribution < -0.4 is 0 Å². The minimum Gasteiger partial charge on any atom is -0.464 e. The van der Waals surface area contributed by atoms with Crippen molar-refractivity contribution < 1.29 is 19.1 Å². The Morgan fingerprint density at radius 2 is 2.14 bits per heavy atom. The number of piperazine rings is 1. The smallest absolute Gasteiger partial charge is 0.252 e. The summed E-state index contributed by atoms with van der Waals surface area (Å²) in [4.78, 5) is 39.0. The number of carbonyl (C=O) groups is 2. The van der Waals surface area contributed by atoms with Crippen molar-refractivity contribution in [3.63, 3.8) is 0 Å². The van der Waals surface area contributed by atoms with Crippen molar-refractivity contribution >= 4 is 11.8 Å². The van der Waals surface area contributed by atoms with Gasteiger partial charge in [0.1, 0.15) is 17.1 Å². The van der Waals surface area contributed by atoms with Crippen LogP contribution in [0.3, 0.4) is 0 Å². The number of aromatic nitrogens is 2. The van der Waals surface area contributed by atoms with Crippen molar-refractivity contribution in [2.45, 2.75) is 44.1 Å². The number of furan rings is 1. The Labute approximate surface area is 161 Å². The van der Waals surface area contributed by atoms with Gasteiger partial charge in [0.15, 0.2) is 0 Å². The summed E-state index contributed by atoms with van der Waals surface area (Å²) in [5, 5.41) is 10.2. The van der Waals surface area contributed by atoms with Gasteiger partial charge in [-0.05, 0) is 25.5 Å². The van der Waals surface area contributed by atoms with Crippen molar-refractivity contribution in [2.75, 3.05) is 19.6 Å². The summed E-state index contributed by atoms with van der Waals surface area (Å²) in [6.45, 7) is 4.03. The molecule has 28 heavy (non-hydrogen) atoms. The van der Waals surface area contributed by atoms with Gasteiger partial charge < -0.3 is 14.5 Å². The van der Waals surface area contributed by atoms with E-state index in [4.69, 9.17) is 4.42 Å². The van der Waals surface area contributed by atoms with E-state index < -0.39 is 17.7 Å². The summed E-state index contributed by atoms with van der Waals surface area (Å²) in [5.74, 6) is 0.898. The molecule has 148 valence electrons. The van der Waals surface area contributed by atoms with Crippen molar-refractivity contribution in [1.82, 2.24) is 24.7 Å². The van der Waals surface area contributed by atoms with E-state index in [-0.39, 0.29) is 18.4 Å². The molecule has 3 aliphatic rings. The molecule has 5 rings (SSSR count). The van der Waals surface area contributed by atoms with E-state index in [2.05, 4.69) is 14.9 Å². The first-order chi connectivity index (χ1) is 13.5. The maximum absolute atomic E-state index is 13.4. The van der Waals surface area contributed by atoms with Crippen LogP contribution in [-0.4, -0.2) is 78.9 Å². The minimum atomic E-state index is -0.766. The van der Waals surface area contributed by atoms with Gasteiger partial charge in [-0.15, -0.1) is 0 Å². The fourth-order valence-corrected chi connectivity index (χ4v) is 4.78. The summed E-state index contributed by atoms with van der Waals surface area (Å²) in [6, 6.07) is 3.16. The normalized spacial score (nSPS) is 27.4. The van der Waals surface area contributed by atoms with Crippen molar-refractivity contribution in [2.24, 2.45) is 0 Å². The number of H-pyrrole nitrogens is 1. The minimum absolute atomic E-state index is 0.133. The van der Waals surface area contributed by atoms with Crippen LogP contribution >= 0.6 is 0 Å². The summed E-state index contributed by atoms with van der Waals surface area (Å²) in [5.41, 5.74) is 0.215. The molecule has 2 amide bonds. The number of aliphatic hydroxyl groups is 1. The number of imidazole rings is 1. The van der Waals surface area contributed by atoms with Crippen LogP contribution in [0.15, 0.2) is 29.1 Å². The molecule has 5 heterocycles. The Bertz CT molecular complexity index is 901. The maximum Gasteiger partial charge on any atom is 0.252 e. The maximum atomic E-state index is 13.4. The van der Waals surface area contributed by atoms with Crippen LogP contribution in [0, 0.1) is 6.92 Å². The Morgan fingerprint density at radius 1 is 1.32 bits per heavy atom. The lowest BCUT2D eigenvalue weighted by molar-refractivity contribution is -0.181. The monoisotopic (exact) mass is 385 g/mol. The lowest BCUT2D eigenvalue weighted by Gasteiger charge is -2.58. The molecule has 0 aliphatic carbocycles. The number of rotatable bonds is 4. The third kappa shape index (κ3) is 2.61. The number of β-amino-alcohol motifs (C(OH)–C–C–N with tert-alkyl or cyclic N) is 1. The Balaban J connectivity index is 1.40. The molecular weight excluding hydrogens is 362 g/mol. The second kappa shape index (κ2) is 6.26. The van der Waals surface area contributed by atoms with Gasteiger partial charge in [0, 0.05) is 38.1 Å². The molecule has 2 unspecified atom stereocenters. The number of nitrogens with one attached hydrogen (secondary N) is 1. The van der Waals surface area contributed by atoms with Crippen LogP contribution in [0.5, 0.6) is 0 Å². The number of amides is 2. The van der Waals surface area contributed by atoms with Crippen LogP contribution in [0.4, 0.5) is 0 Å². The number of aliphatic hydroxyl groups excluding tert-OH is 1. The predicted octanol–water partition coefficient (Wildman–Crippen LogP) is -0.130. The fourth-order valence-electron chi connectivity index (χ4n) is 4.78. The molecule has 3 aliphatic heterocycles. The molecule has 3 saturated heterocycles. The Hall–Kier alpha value is -2.49. The van der Waals surface area contributed by atoms with Gasteiger partial charge in [-0.3, -0.25) is 24.3 Å². The molecule has 2 N–H and O–H groups in total. The quantitative estimate of drug-likeness (QED) is 0.706. The number of likely N-dealkylation sites (tertiary alicyclic amines) is 1. The molecule has 2 atom stereocenters. The second-order valence-corrected chi connectivity index (χ2v) is 8.05. The average Bonchev–Trinajstić information content (AvgIpc) is 3.35.